The van der Waals surface area contributed by atoms with E-state index in [9.17, 15) is 13.2 Å². The summed E-state index contributed by atoms with van der Waals surface area (Å²) in [6.07, 6.45) is 0.528. The average molecular weight is 347 g/mol. The van der Waals surface area contributed by atoms with E-state index in [1.165, 1.54) is 12.1 Å². The lowest BCUT2D eigenvalue weighted by molar-refractivity contribution is -0.127. The Hall–Kier alpha value is -2.34. The number of hydrogen-bond acceptors (Lipinski definition) is 4. The Kier molecular flexibility index (Phi) is 5.62. The molecule has 5 nitrogen and oxygen atoms in total. The van der Waals surface area contributed by atoms with Gasteiger partial charge in [-0.1, -0.05) is 30.3 Å². The van der Waals surface area contributed by atoms with Gasteiger partial charge in [0.2, 0.25) is 0 Å². The summed E-state index contributed by atoms with van der Waals surface area (Å²) in [5.74, 6) is 0.392. The molecule has 0 unspecified atom stereocenters. The molecule has 0 bridgehead atoms. The first-order valence-electron chi connectivity index (χ1n) is 7.59. The van der Waals surface area contributed by atoms with Gasteiger partial charge in [0.1, 0.15) is 5.75 Å². The molecule has 2 atom stereocenters. The molecular weight excluding hydrogens is 326 g/mol. The molecule has 1 N–H and O–H groups in total. The van der Waals surface area contributed by atoms with Crippen LogP contribution in [0.1, 0.15) is 25.5 Å². The van der Waals surface area contributed by atoms with Crippen LogP contribution in [-0.2, 0) is 14.6 Å². The molecule has 0 aromatic heterocycles. The molecule has 0 fully saturated rings. The van der Waals surface area contributed by atoms with E-state index in [1.807, 2.05) is 25.1 Å². The Bertz CT molecular complexity index is 786. The second kappa shape index (κ2) is 7.49. The second-order valence-electron chi connectivity index (χ2n) is 5.64. The third kappa shape index (κ3) is 4.83. The quantitative estimate of drug-likeness (QED) is 0.872. The molecule has 0 radical (unpaired) electrons. The molecule has 6 heteroatoms. The number of ether oxygens (including phenoxy) is 1. The van der Waals surface area contributed by atoms with Crippen LogP contribution in [0.5, 0.6) is 5.75 Å². The van der Waals surface area contributed by atoms with Crippen LogP contribution in [0.25, 0.3) is 0 Å². The minimum absolute atomic E-state index is 0.237. The second-order valence-corrected chi connectivity index (χ2v) is 7.66. The van der Waals surface area contributed by atoms with E-state index in [0.29, 0.717) is 5.75 Å². The highest BCUT2D eigenvalue weighted by Crippen LogP contribution is 2.17. The minimum Gasteiger partial charge on any atom is -0.481 e. The van der Waals surface area contributed by atoms with Gasteiger partial charge in [-0.25, -0.2) is 8.42 Å². The summed E-state index contributed by atoms with van der Waals surface area (Å²) in [6, 6.07) is 15.3. The number of hydrogen-bond donors (Lipinski definition) is 1. The molecule has 0 saturated heterocycles. The van der Waals surface area contributed by atoms with Crippen molar-refractivity contribution >= 4 is 15.7 Å². The number of amides is 1. The predicted molar refractivity (Wildman–Crippen MR) is 92.6 cm³/mol. The van der Waals surface area contributed by atoms with Crippen molar-refractivity contribution in [3.05, 3.63) is 60.2 Å². The monoisotopic (exact) mass is 347 g/mol. The number of carbonyl (C=O) groups is 1. The lowest BCUT2D eigenvalue weighted by Gasteiger charge is -2.19. The normalized spacial score (nSPS) is 13.8. The van der Waals surface area contributed by atoms with Crippen molar-refractivity contribution in [2.75, 3.05) is 6.26 Å². The van der Waals surface area contributed by atoms with Gasteiger partial charge in [0.05, 0.1) is 10.9 Å². The lowest BCUT2D eigenvalue weighted by atomic mass is 10.1. The first-order valence-corrected chi connectivity index (χ1v) is 9.48. The van der Waals surface area contributed by atoms with E-state index < -0.39 is 15.9 Å². The highest BCUT2D eigenvalue weighted by Gasteiger charge is 2.18. The summed E-state index contributed by atoms with van der Waals surface area (Å²) in [6.45, 7) is 3.52. The Morgan fingerprint density at radius 2 is 1.58 bits per heavy atom. The maximum atomic E-state index is 12.2. The molecule has 0 spiro atoms. The van der Waals surface area contributed by atoms with E-state index in [0.717, 1.165) is 11.8 Å². The van der Waals surface area contributed by atoms with Crippen molar-refractivity contribution in [1.29, 1.82) is 0 Å². The number of benzene rings is 2. The van der Waals surface area contributed by atoms with E-state index in [2.05, 4.69) is 5.32 Å². The topological polar surface area (TPSA) is 72.5 Å². The maximum absolute atomic E-state index is 12.2. The molecule has 2 aromatic carbocycles. The number of para-hydroxylation sites is 1. The third-order valence-electron chi connectivity index (χ3n) is 3.59. The third-order valence-corrected chi connectivity index (χ3v) is 4.72. The van der Waals surface area contributed by atoms with Crippen molar-refractivity contribution in [3.8, 4) is 5.75 Å². The van der Waals surface area contributed by atoms with Gasteiger partial charge in [-0.2, -0.15) is 0 Å². The van der Waals surface area contributed by atoms with Gasteiger partial charge >= 0.3 is 0 Å². The van der Waals surface area contributed by atoms with E-state index >= 15 is 0 Å². The summed E-state index contributed by atoms with van der Waals surface area (Å²) in [5.41, 5.74) is 0.822. The van der Waals surface area contributed by atoms with Gasteiger partial charge in [0.15, 0.2) is 15.9 Å². The Labute approximate surface area is 142 Å². The molecule has 1 amide bonds. The average Bonchev–Trinajstić information content (AvgIpc) is 2.55. The van der Waals surface area contributed by atoms with Crippen molar-refractivity contribution in [2.45, 2.75) is 30.9 Å². The van der Waals surface area contributed by atoms with Crippen LogP contribution >= 0.6 is 0 Å². The molecule has 0 aliphatic rings. The van der Waals surface area contributed by atoms with Crippen LogP contribution in [-0.4, -0.2) is 26.7 Å². The zero-order valence-corrected chi connectivity index (χ0v) is 14.7. The number of carbonyl (C=O) groups excluding carboxylic acids is 1. The largest absolute Gasteiger partial charge is 0.481 e. The van der Waals surface area contributed by atoms with Gasteiger partial charge in [0.25, 0.3) is 5.91 Å². The fourth-order valence-corrected chi connectivity index (χ4v) is 2.80. The van der Waals surface area contributed by atoms with Crippen molar-refractivity contribution < 1.29 is 17.9 Å². The highest BCUT2D eigenvalue weighted by atomic mass is 32.2. The first kappa shape index (κ1) is 18.0. The molecule has 0 aliphatic heterocycles. The van der Waals surface area contributed by atoms with Gasteiger partial charge in [0, 0.05) is 6.26 Å². The maximum Gasteiger partial charge on any atom is 0.261 e. The zero-order valence-electron chi connectivity index (χ0n) is 13.9. The van der Waals surface area contributed by atoms with E-state index in [4.69, 9.17) is 4.74 Å². The van der Waals surface area contributed by atoms with Crippen LogP contribution in [0, 0.1) is 0 Å². The number of rotatable bonds is 6. The van der Waals surface area contributed by atoms with Crippen LogP contribution < -0.4 is 10.1 Å². The Morgan fingerprint density at radius 1 is 1.00 bits per heavy atom. The zero-order chi connectivity index (χ0) is 17.7. The van der Waals surface area contributed by atoms with E-state index in [-0.39, 0.29) is 16.8 Å². The predicted octanol–water partition coefficient (Wildman–Crippen LogP) is 2.73. The Morgan fingerprint density at radius 3 is 2.12 bits per heavy atom. The lowest BCUT2D eigenvalue weighted by Crippen LogP contribution is -2.37. The van der Waals surface area contributed by atoms with Crippen molar-refractivity contribution in [2.24, 2.45) is 0 Å². The standard InChI is InChI=1S/C18H21NO4S/c1-13(15-9-11-17(12-10-15)24(3,21)22)19-18(20)14(2)23-16-7-5-4-6-8-16/h4-14H,1-3H3,(H,19,20)/t13-,14+/m1/s1. The molecular formula is C18H21NO4S. The molecule has 0 saturated carbocycles. The molecule has 0 heterocycles. The van der Waals surface area contributed by atoms with Gasteiger partial charge in [-0.15, -0.1) is 0 Å². The van der Waals surface area contributed by atoms with Crippen molar-refractivity contribution in [3.63, 3.8) is 0 Å². The minimum atomic E-state index is -3.22. The fraction of sp³-hybridized carbons (Fsp3) is 0.278. The number of sulfone groups is 1. The smallest absolute Gasteiger partial charge is 0.261 e. The van der Waals surface area contributed by atoms with Crippen LogP contribution in [0.15, 0.2) is 59.5 Å². The molecule has 0 aliphatic carbocycles. The Balaban J connectivity index is 1.98. The summed E-state index contributed by atoms with van der Waals surface area (Å²) in [7, 11) is -3.22. The molecule has 24 heavy (non-hydrogen) atoms. The summed E-state index contributed by atoms with van der Waals surface area (Å²) in [4.78, 5) is 12.5. The summed E-state index contributed by atoms with van der Waals surface area (Å²) >= 11 is 0. The SMILES string of the molecule is C[C@H](Oc1ccccc1)C(=O)N[C@H](C)c1ccc(S(C)(=O)=O)cc1. The van der Waals surface area contributed by atoms with E-state index in [1.54, 1.807) is 31.2 Å². The van der Waals surface area contributed by atoms with Gasteiger partial charge < -0.3 is 10.1 Å². The fourth-order valence-electron chi connectivity index (χ4n) is 2.17. The summed E-state index contributed by atoms with van der Waals surface area (Å²) < 4.78 is 28.5. The van der Waals surface area contributed by atoms with Crippen LogP contribution in [0.4, 0.5) is 0 Å². The first-order chi connectivity index (χ1) is 11.3. The van der Waals surface area contributed by atoms with Gasteiger partial charge in [-0.3, -0.25) is 4.79 Å². The van der Waals surface area contributed by atoms with Crippen LogP contribution in [0.3, 0.4) is 0 Å². The summed E-state index contributed by atoms with van der Waals surface area (Å²) in [5, 5.41) is 2.86. The molecule has 2 aromatic rings. The van der Waals surface area contributed by atoms with Crippen molar-refractivity contribution in [1.82, 2.24) is 5.32 Å². The van der Waals surface area contributed by atoms with Crippen LogP contribution in [0.2, 0.25) is 0 Å². The highest BCUT2D eigenvalue weighted by molar-refractivity contribution is 7.90. The molecule has 128 valence electrons. The molecule has 2 rings (SSSR count). The van der Waals surface area contributed by atoms with Gasteiger partial charge in [-0.05, 0) is 43.7 Å². The number of nitrogens with one attached hydrogen (secondary N) is 1.